The molecule has 0 aromatic carbocycles. The van der Waals surface area contributed by atoms with Gasteiger partial charge in [-0.15, -0.1) is 0 Å². The molecule has 0 spiro atoms. The van der Waals surface area contributed by atoms with Crippen LogP contribution in [0.25, 0.3) is 0 Å². The average Bonchev–Trinajstić information content (AvgIpc) is 2.25. The van der Waals surface area contributed by atoms with Gasteiger partial charge in [0.1, 0.15) is 5.69 Å². The zero-order valence-electron chi connectivity index (χ0n) is 11.1. The molecule has 0 fully saturated rings. The summed E-state index contributed by atoms with van der Waals surface area (Å²) in [4.78, 5) is 18.9. The lowest BCUT2D eigenvalue weighted by Gasteiger charge is -2.08. The van der Waals surface area contributed by atoms with Crippen LogP contribution < -0.4 is 5.32 Å². The van der Waals surface area contributed by atoms with Crippen molar-refractivity contribution in [1.82, 2.24) is 9.97 Å². The molecule has 0 saturated carbocycles. The van der Waals surface area contributed by atoms with Crippen LogP contribution in [-0.2, 0) is 0 Å². The van der Waals surface area contributed by atoms with Crippen LogP contribution in [0.5, 0.6) is 0 Å². The van der Waals surface area contributed by atoms with Crippen molar-refractivity contribution in [1.29, 1.82) is 0 Å². The molecule has 1 aromatic heterocycles. The number of hydrogen-bond donors (Lipinski definition) is 1. The van der Waals surface area contributed by atoms with Crippen molar-refractivity contribution in [3.8, 4) is 0 Å². The highest BCUT2D eigenvalue weighted by atomic mass is 32.2. The van der Waals surface area contributed by atoms with E-state index >= 15 is 0 Å². The van der Waals surface area contributed by atoms with E-state index < -0.39 is 4.92 Å². The van der Waals surface area contributed by atoms with Crippen molar-refractivity contribution in [2.24, 2.45) is 5.92 Å². The average molecular weight is 270 g/mol. The van der Waals surface area contributed by atoms with Crippen molar-refractivity contribution in [2.45, 2.75) is 32.7 Å². The lowest BCUT2D eigenvalue weighted by molar-refractivity contribution is -0.389. The van der Waals surface area contributed by atoms with Gasteiger partial charge in [-0.25, -0.2) is 4.98 Å². The number of nitrogens with zero attached hydrogens (tertiary/aromatic N) is 3. The van der Waals surface area contributed by atoms with E-state index in [9.17, 15) is 10.1 Å². The van der Waals surface area contributed by atoms with Crippen LogP contribution in [-0.4, -0.2) is 27.2 Å². The van der Waals surface area contributed by atoms with Crippen molar-refractivity contribution in [3.63, 3.8) is 0 Å². The number of anilines is 1. The molecule has 0 radical (unpaired) electrons. The highest BCUT2D eigenvalue weighted by Gasteiger charge is 2.22. The molecule has 18 heavy (non-hydrogen) atoms. The van der Waals surface area contributed by atoms with Gasteiger partial charge in [-0.05, 0) is 19.8 Å². The fraction of sp³-hybridized carbons (Fsp3) is 0.636. The molecule has 1 heterocycles. The predicted molar refractivity (Wildman–Crippen MR) is 73.1 cm³/mol. The Hall–Kier alpha value is -1.37. The smallest absolute Gasteiger partial charge is 0.322 e. The summed E-state index contributed by atoms with van der Waals surface area (Å²) in [6.07, 6.45) is 0. The molecule has 1 aromatic rings. The number of nitrogens with one attached hydrogen (secondary N) is 1. The second kappa shape index (κ2) is 6.53. The van der Waals surface area contributed by atoms with E-state index in [4.69, 9.17) is 0 Å². The highest BCUT2D eigenvalue weighted by molar-refractivity contribution is 7.99. The van der Waals surface area contributed by atoms with Crippen molar-refractivity contribution >= 4 is 23.4 Å². The first-order chi connectivity index (χ1) is 8.45. The molecule has 0 bridgehead atoms. The molecule has 1 N–H and O–H groups in total. The molecule has 1 rings (SSSR count). The Morgan fingerprint density at radius 2 is 2.11 bits per heavy atom. The molecular formula is C11H18N4O2S. The van der Waals surface area contributed by atoms with Crippen LogP contribution in [0.2, 0.25) is 0 Å². The van der Waals surface area contributed by atoms with Gasteiger partial charge in [-0.3, -0.25) is 10.1 Å². The minimum Gasteiger partial charge on any atom is -0.354 e. The Morgan fingerprint density at radius 1 is 1.44 bits per heavy atom. The molecule has 0 aliphatic heterocycles. The number of hydrogen-bond acceptors (Lipinski definition) is 6. The van der Waals surface area contributed by atoms with E-state index in [0.29, 0.717) is 29.1 Å². The molecule has 0 saturated heterocycles. The van der Waals surface area contributed by atoms with E-state index in [2.05, 4.69) is 29.1 Å². The van der Waals surface area contributed by atoms with Crippen molar-refractivity contribution in [2.75, 3.05) is 17.6 Å². The van der Waals surface area contributed by atoms with Gasteiger partial charge in [0, 0.05) is 12.3 Å². The fourth-order valence-electron chi connectivity index (χ4n) is 1.33. The maximum atomic E-state index is 11.0. The Morgan fingerprint density at radius 3 is 2.61 bits per heavy atom. The standard InChI is InChI=1S/C11H18N4O2S/c1-5-12-11-13-8(4)9(15(16)17)10(14-11)18-6-7(2)3/h7H,5-6H2,1-4H3,(H,12,13,14). The van der Waals surface area contributed by atoms with E-state index in [-0.39, 0.29) is 5.69 Å². The Bertz CT molecular complexity index is 437. The summed E-state index contributed by atoms with van der Waals surface area (Å²) in [5.41, 5.74) is 0.416. The third kappa shape index (κ3) is 3.83. The third-order valence-electron chi connectivity index (χ3n) is 2.10. The molecule has 0 aliphatic rings. The van der Waals surface area contributed by atoms with E-state index in [0.717, 1.165) is 5.75 Å². The summed E-state index contributed by atoms with van der Waals surface area (Å²) in [7, 11) is 0. The van der Waals surface area contributed by atoms with Gasteiger partial charge < -0.3 is 5.32 Å². The lowest BCUT2D eigenvalue weighted by Crippen LogP contribution is -2.07. The van der Waals surface area contributed by atoms with Gasteiger partial charge in [0.05, 0.1) is 4.92 Å². The molecule has 7 heteroatoms. The van der Waals surface area contributed by atoms with Crippen molar-refractivity contribution in [3.05, 3.63) is 15.8 Å². The molecule has 6 nitrogen and oxygen atoms in total. The predicted octanol–water partition coefficient (Wildman–Crippen LogP) is 2.87. The maximum Gasteiger partial charge on any atom is 0.322 e. The van der Waals surface area contributed by atoms with Gasteiger partial charge >= 0.3 is 5.69 Å². The topological polar surface area (TPSA) is 81.0 Å². The molecule has 100 valence electrons. The molecule has 0 atom stereocenters. The summed E-state index contributed by atoms with van der Waals surface area (Å²) in [5, 5.41) is 14.5. The van der Waals surface area contributed by atoms with Crippen LogP contribution in [0.4, 0.5) is 11.6 Å². The number of nitro groups is 1. The Labute approximate surface area is 111 Å². The number of aromatic nitrogens is 2. The van der Waals surface area contributed by atoms with E-state index in [1.54, 1.807) is 6.92 Å². The lowest BCUT2D eigenvalue weighted by atomic mass is 10.3. The first-order valence-corrected chi connectivity index (χ1v) is 6.84. The number of rotatable bonds is 6. The second-order valence-corrected chi connectivity index (χ2v) is 5.29. The fourth-order valence-corrected chi connectivity index (χ4v) is 2.34. The number of aryl methyl sites for hydroxylation is 1. The summed E-state index contributed by atoms with van der Waals surface area (Å²) in [5.74, 6) is 1.70. The molecule has 0 aliphatic carbocycles. The van der Waals surface area contributed by atoms with Crippen LogP contribution in [0.3, 0.4) is 0 Å². The van der Waals surface area contributed by atoms with Gasteiger partial charge in [0.25, 0.3) is 0 Å². The summed E-state index contributed by atoms with van der Waals surface area (Å²) in [6, 6.07) is 0. The Kier molecular flexibility index (Phi) is 5.33. The highest BCUT2D eigenvalue weighted by Crippen LogP contribution is 2.31. The quantitative estimate of drug-likeness (QED) is 0.370. The van der Waals surface area contributed by atoms with E-state index in [1.807, 2.05) is 6.92 Å². The molecule has 0 amide bonds. The summed E-state index contributed by atoms with van der Waals surface area (Å²) < 4.78 is 0. The zero-order valence-corrected chi connectivity index (χ0v) is 11.9. The van der Waals surface area contributed by atoms with Crippen LogP contribution in [0.1, 0.15) is 26.5 Å². The van der Waals surface area contributed by atoms with Crippen LogP contribution in [0, 0.1) is 23.0 Å². The van der Waals surface area contributed by atoms with Crippen LogP contribution >= 0.6 is 11.8 Å². The monoisotopic (exact) mass is 270 g/mol. The first kappa shape index (κ1) is 14.7. The molecular weight excluding hydrogens is 252 g/mol. The van der Waals surface area contributed by atoms with Gasteiger partial charge in [-0.2, -0.15) is 4.98 Å². The van der Waals surface area contributed by atoms with Crippen LogP contribution in [0.15, 0.2) is 5.03 Å². The van der Waals surface area contributed by atoms with Gasteiger partial charge in [0.15, 0.2) is 5.03 Å². The number of thioether (sulfide) groups is 1. The zero-order chi connectivity index (χ0) is 13.7. The minimum absolute atomic E-state index is 0.0160. The SMILES string of the molecule is CCNc1nc(C)c([N+](=O)[O-])c(SCC(C)C)n1. The third-order valence-corrected chi connectivity index (χ3v) is 3.49. The first-order valence-electron chi connectivity index (χ1n) is 5.85. The van der Waals surface area contributed by atoms with Crippen molar-refractivity contribution < 1.29 is 4.92 Å². The second-order valence-electron chi connectivity index (χ2n) is 4.28. The normalized spacial score (nSPS) is 10.7. The largest absolute Gasteiger partial charge is 0.354 e. The van der Waals surface area contributed by atoms with Gasteiger partial charge in [0.2, 0.25) is 5.95 Å². The summed E-state index contributed by atoms with van der Waals surface area (Å²) in [6.45, 7) is 8.39. The van der Waals surface area contributed by atoms with Gasteiger partial charge in [-0.1, -0.05) is 25.6 Å². The minimum atomic E-state index is -0.409. The maximum absolute atomic E-state index is 11.0. The molecule has 0 unspecified atom stereocenters. The Balaban J connectivity index is 3.11. The summed E-state index contributed by atoms with van der Waals surface area (Å²) >= 11 is 1.40. The van der Waals surface area contributed by atoms with E-state index in [1.165, 1.54) is 11.8 Å².